The fraction of sp³-hybridized carbons (Fsp3) is 0.524. The molecular formula is C21H26O4. The molecule has 0 spiro atoms. The Bertz CT molecular complexity index is 746. The molecule has 134 valence electrons. The molecule has 0 unspecified atom stereocenters. The third-order valence-corrected chi connectivity index (χ3v) is 6.70. The first-order chi connectivity index (χ1) is 11.7. The van der Waals surface area contributed by atoms with Crippen LogP contribution >= 0.6 is 0 Å². The van der Waals surface area contributed by atoms with Crippen LogP contribution in [0.3, 0.4) is 0 Å². The van der Waals surface area contributed by atoms with Crippen LogP contribution in [0.2, 0.25) is 0 Å². The number of benzene rings is 1. The Morgan fingerprint density at radius 1 is 1.08 bits per heavy atom. The van der Waals surface area contributed by atoms with Crippen molar-refractivity contribution in [3.05, 3.63) is 47.0 Å². The number of aliphatic hydroxyl groups excluding tert-OH is 1. The number of hydrogen-bond acceptors (Lipinski definition) is 4. The van der Waals surface area contributed by atoms with Gasteiger partial charge in [-0.05, 0) is 62.3 Å². The highest BCUT2D eigenvalue weighted by Gasteiger charge is 2.53. The van der Waals surface area contributed by atoms with Crippen molar-refractivity contribution in [3.63, 3.8) is 0 Å². The molecule has 4 nitrogen and oxygen atoms in total. The number of fused-ring (bicyclic) bond motifs is 1. The van der Waals surface area contributed by atoms with E-state index in [-0.39, 0.29) is 17.5 Å². The molecule has 0 bridgehead atoms. The Morgan fingerprint density at radius 3 is 2.40 bits per heavy atom. The van der Waals surface area contributed by atoms with E-state index in [0.29, 0.717) is 30.4 Å². The van der Waals surface area contributed by atoms with Gasteiger partial charge in [0.2, 0.25) is 0 Å². The summed E-state index contributed by atoms with van der Waals surface area (Å²) in [4.78, 5) is 23.9. The fourth-order valence-electron chi connectivity index (χ4n) is 4.29. The molecule has 1 fully saturated rings. The number of carbonyl (C=O) groups excluding carboxylic acids is 2. The lowest BCUT2D eigenvalue weighted by atomic mass is 9.56. The van der Waals surface area contributed by atoms with Gasteiger partial charge in [0.1, 0.15) is 0 Å². The Balaban J connectivity index is 1.83. The predicted octanol–water partition coefficient (Wildman–Crippen LogP) is 3.10. The van der Waals surface area contributed by atoms with Crippen LogP contribution in [0.15, 0.2) is 30.4 Å². The number of rotatable bonds is 3. The molecular weight excluding hydrogens is 316 g/mol. The van der Waals surface area contributed by atoms with Crippen molar-refractivity contribution in [3.8, 4) is 0 Å². The third-order valence-electron chi connectivity index (χ3n) is 6.70. The predicted molar refractivity (Wildman–Crippen MR) is 95.7 cm³/mol. The van der Waals surface area contributed by atoms with Gasteiger partial charge in [-0.1, -0.05) is 26.0 Å². The van der Waals surface area contributed by atoms with E-state index in [9.17, 15) is 19.8 Å². The quantitative estimate of drug-likeness (QED) is 0.885. The minimum absolute atomic E-state index is 0.139. The molecule has 0 saturated heterocycles. The van der Waals surface area contributed by atoms with Crippen molar-refractivity contribution in [1.82, 2.24) is 0 Å². The summed E-state index contributed by atoms with van der Waals surface area (Å²) in [5.41, 5.74) is 0.322. The van der Waals surface area contributed by atoms with Gasteiger partial charge < -0.3 is 10.2 Å². The first-order valence-electron chi connectivity index (χ1n) is 8.97. The Morgan fingerprint density at radius 2 is 1.72 bits per heavy atom. The van der Waals surface area contributed by atoms with Crippen LogP contribution < -0.4 is 0 Å². The van der Waals surface area contributed by atoms with E-state index < -0.39 is 17.1 Å². The van der Waals surface area contributed by atoms with Crippen molar-refractivity contribution in [2.75, 3.05) is 0 Å². The zero-order valence-electron chi connectivity index (χ0n) is 15.1. The van der Waals surface area contributed by atoms with E-state index in [4.69, 9.17) is 0 Å². The van der Waals surface area contributed by atoms with Gasteiger partial charge in [-0.2, -0.15) is 0 Å². The highest BCUT2D eigenvalue weighted by molar-refractivity contribution is 6.22. The van der Waals surface area contributed by atoms with Gasteiger partial charge in [-0.15, -0.1) is 0 Å². The lowest BCUT2D eigenvalue weighted by Crippen LogP contribution is -2.59. The second kappa shape index (κ2) is 6.19. The molecule has 0 aromatic heterocycles. The zero-order chi connectivity index (χ0) is 18.4. The van der Waals surface area contributed by atoms with Crippen LogP contribution in [0.5, 0.6) is 0 Å². The maximum absolute atomic E-state index is 12.0. The average molecular weight is 342 g/mol. The van der Waals surface area contributed by atoms with E-state index in [2.05, 4.69) is 6.92 Å². The van der Waals surface area contributed by atoms with Gasteiger partial charge in [-0.3, -0.25) is 9.59 Å². The lowest BCUT2D eigenvalue weighted by Gasteiger charge is -2.53. The molecule has 1 aromatic carbocycles. The first-order valence-corrected chi connectivity index (χ1v) is 8.97. The average Bonchev–Trinajstić information content (AvgIpc) is 2.59. The van der Waals surface area contributed by atoms with Gasteiger partial charge in [0, 0.05) is 16.5 Å². The van der Waals surface area contributed by atoms with Crippen molar-refractivity contribution in [2.24, 2.45) is 11.3 Å². The number of carbonyl (C=O) groups is 2. The maximum atomic E-state index is 12.0. The minimum Gasteiger partial charge on any atom is -0.390 e. The van der Waals surface area contributed by atoms with Crippen molar-refractivity contribution in [2.45, 2.75) is 58.2 Å². The lowest BCUT2D eigenvalue weighted by molar-refractivity contribution is -0.189. The second-order valence-corrected chi connectivity index (χ2v) is 8.00. The van der Waals surface area contributed by atoms with Crippen molar-refractivity contribution < 1.29 is 19.8 Å². The van der Waals surface area contributed by atoms with Crippen LogP contribution in [0, 0.1) is 11.3 Å². The van der Waals surface area contributed by atoms with E-state index in [1.807, 2.05) is 13.0 Å². The van der Waals surface area contributed by atoms with Crippen molar-refractivity contribution >= 4 is 11.6 Å². The molecule has 25 heavy (non-hydrogen) atoms. The van der Waals surface area contributed by atoms with Gasteiger partial charge in [-0.25, -0.2) is 0 Å². The van der Waals surface area contributed by atoms with Gasteiger partial charge >= 0.3 is 0 Å². The van der Waals surface area contributed by atoms with Gasteiger partial charge in [0.05, 0.1) is 11.7 Å². The SMILES string of the molecule is C[C@H]1CC[C@H](O)[C@](C)(O)[C@]1(C)CCc1ccc2c(c1)C(=O)C=CC2=O. The molecule has 1 saturated carbocycles. The molecule has 0 heterocycles. The van der Waals surface area contributed by atoms with Gasteiger partial charge in [0.25, 0.3) is 0 Å². The molecule has 2 N–H and O–H groups in total. The molecule has 0 aliphatic heterocycles. The van der Waals surface area contributed by atoms with Crippen molar-refractivity contribution in [1.29, 1.82) is 0 Å². The minimum atomic E-state index is -1.15. The number of allylic oxidation sites excluding steroid dienone is 2. The highest BCUT2D eigenvalue weighted by Crippen LogP contribution is 2.50. The number of aryl methyl sites for hydroxylation is 1. The monoisotopic (exact) mass is 342 g/mol. The second-order valence-electron chi connectivity index (χ2n) is 8.00. The summed E-state index contributed by atoms with van der Waals surface area (Å²) in [5, 5.41) is 21.2. The largest absolute Gasteiger partial charge is 0.390 e. The summed E-state index contributed by atoms with van der Waals surface area (Å²) < 4.78 is 0. The molecule has 4 atom stereocenters. The standard InChI is InChI=1S/C21H26O4/c1-13-4-9-19(24)21(3,25)20(13,2)11-10-14-5-6-15-16(12-14)18(23)8-7-17(15)22/h5-8,12-13,19,24-25H,4,9-11H2,1-3H3/t13-,19-,20+,21-/m0/s1. The van der Waals surface area contributed by atoms with E-state index in [1.54, 1.807) is 19.1 Å². The Labute approximate surface area is 148 Å². The summed E-state index contributed by atoms with van der Waals surface area (Å²) in [7, 11) is 0. The topological polar surface area (TPSA) is 74.6 Å². The Hall–Kier alpha value is -1.78. The van der Waals surface area contributed by atoms with Gasteiger partial charge in [0.15, 0.2) is 11.6 Å². The fourth-order valence-corrected chi connectivity index (χ4v) is 4.29. The summed E-state index contributed by atoms with van der Waals surface area (Å²) in [5.74, 6) is 0.00542. The van der Waals surface area contributed by atoms with Crippen LogP contribution in [0.4, 0.5) is 0 Å². The molecule has 2 aliphatic carbocycles. The summed E-state index contributed by atoms with van der Waals surface area (Å²) >= 11 is 0. The van der Waals surface area contributed by atoms with E-state index in [1.165, 1.54) is 12.2 Å². The molecule has 2 aliphatic rings. The number of hydrogen-bond donors (Lipinski definition) is 2. The third kappa shape index (κ3) is 2.87. The first kappa shape index (κ1) is 18.0. The molecule has 0 amide bonds. The Kier molecular flexibility index (Phi) is 4.46. The number of ketones is 2. The van der Waals surface area contributed by atoms with Crippen LogP contribution in [-0.4, -0.2) is 33.5 Å². The zero-order valence-corrected chi connectivity index (χ0v) is 15.1. The molecule has 4 heteroatoms. The molecule has 1 aromatic rings. The van der Waals surface area contributed by atoms with Crippen LogP contribution in [0.1, 0.15) is 66.3 Å². The maximum Gasteiger partial charge on any atom is 0.186 e. The van der Waals surface area contributed by atoms with E-state index >= 15 is 0 Å². The number of aliphatic hydroxyl groups is 2. The van der Waals surface area contributed by atoms with Crippen LogP contribution in [0.25, 0.3) is 0 Å². The summed E-state index contributed by atoms with van der Waals surface area (Å²) in [6.45, 7) is 5.89. The summed E-state index contributed by atoms with van der Waals surface area (Å²) in [6.07, 6.45) is 4.80. The highest BCUT2D eigenvalue weighted by atomic mass is 16.3. The van der Waals surface area contributed by atoms with E-state index in [0.717, 1.165) is 12.0 Å². The summed E-state index contributed by atoms with van der Waals surface area (Å²) in [6, 6.07) is 5.39. The normalized spacial score (nSPS) is 34.9. The molecule has 3 rings (SSSR count). The molecule has 0 radical (unpaired) electrons. The van der Waals surface area contributed by atoms with Crippen LogP contribution in [-0.2, 0) is 6.42 Å². The smallest absolute Gasteiger partial charge is 0.186 e.